The lowest BCUT2D eigenvalue weighted by molar-refractivity contribution is 0.902. The highest BCUT2D eigenvalue weighted by molar-refractivity contribution is 9.10. The molecule has 2 nitrogen and oxygen atoms in total. The summed E-state index contributed by atoms with van der Waals surface area (Å²) in [4.78, 5) is 4.58. The Labute approximate surface area is 153 Å². The first-order valence-electron chi connectivity index (χ1n) is 7.02. The molecule has 0 aliphatic carbocycles. The minimum atomic E-state index is 0.722. The van der Waals surface area contributed by atoms with Gasteiger partial charge in [-0.15, -0.1) is 6.58 Å². The van der Waals surface area contributed by atoms with E-state index in [0.29, 0.717) is 0 Å². The van der Waals surface area contributed by atoms with Gasteiger partial charge >= 0.3 is 0 Å². The number of halogens is 2. The van der Waals surface area contributed by atoms with Crippen molar-refractivity contribution in [3.8, 4) is 16.9 Å². The summed E-state index contributed by atoms with van der Waals surface area (Å²) in [6.45, 7) is 3.78. The molecule has 0 amide bonds. The summed E-state index contributed by atoms with van der Waals surface area (Å²) < 4.78 is 3.20. The van der Waals surface area contributed by atoms with E-state index in [1.165, 1.54) is 0 Å². The van der Waals surface area contributed by atoms with Gasteiger partial charge < -0.3 is 0 Å². The molecule has 3 aromatic rings. The Hall–Kier alpha value is -1.49. The average molecular weight is 406 g/mol. The van der Waals surface area contributed by atoms with E-state index in [2.05, 4.69) is 44.2 Å². The van der Waals surface area contributed by atoms with Crippen LogP contribution < -0.4 is 0 Å². The van der Waals surface area contributed by atoms with Crippen LogP contribution in [0.3, 0.4) is 0 Å². The number of hydrogen-bond acceptors (Lipinski definition) is 2. The fraction of sp³-hybridized carbons (Fsp3) is 0.0556. The molecule has 1 heterocycles. The Balaban J connectivity index is 2.12. The number of nitrogens with zero attached hydrogens (tertiary/aromatic N) is 2. The van der Waals surface area contributed by atoms with Gasteiger partial charge in [-0.05, 0) is 36.4 Å². The van der Waals surface area contributed by atoms with Gasteiger partial charge in [0.05, 0.1) is 11.9 Å². The topological polar surface area (TPSA) is 17.8 Å². The summed E-state index contributed by atoms with van der Waals surface area (Å²) >= 11 is 11.2. The number of imidazole rings is 1. The molecule has 0 atom stereocenters. The van der Waals surface area contributed by atoms with Crippen LogP contribution >= 0.6 is 39.3 Å². The molecule has 0 aliphatic heterocycles. The molecule has 0 aliphatic rings. The highest BCUT2D eigenvalue weighted by atomic mass is 79.9. The van der Waals surface area contributed by atoms with Gasteiger partial charge in [-0.3, -0.25) is 4.57 Å². The van der Waals surface area contributed by atoms with Crippen LogP contribution in [0.5, 0.6) is 0 Å². The van der Waals surface area contributed by atoms with Crippen LogP contribution in [0.2, 0.25) is 5.02 Å². The Bertz CT molecular complexity index is 810. The normalized spacial score (nSPS) is 10.7. The smallest absolute Gasteiger partial charge is 0.173 e. The molecule has 116 valence electrons. The van der Waals surface area contributed by atoms with E-state index in [1.54, 1.807) is 11.8 Å². The molecule has 2 aromatic carbocycles. The van der Waals surface area contributed by atoms with Crippen LogP contribution in [-0.2, 0) is 0 Å². The predicted molar refractivity (Wildman–Crippen MR) is 103 cm³/mol. The van der Waals surface area contributed by atoms with Crippen molar-refractivity contribution in [2.24, 2.45) is 0 Å². The van der Waals surface area contributed by atoms with Crippen molar-refractivity contribution >= 4 is 39.3 Å². The second-order valence-corrected chi connectivity index (χ2v) is 7.18. The van der Waals surface area contributed by atoms with Crippen LogP contribution in [0, 0.1) is 0 Å². The zero-order chi connectivity index (χ0) is 16.2. The highest BCUT2D eigenvalue weighted by Gasteiger charge is 2.13. The predicted octanol–water partition coefficient (Wildman–Crippen LogP) is 6.23. The number of aromatic nitrogens is 2. The summed E-state index contributed by atoms with van der Waals surface area (Å²) in [5, 5.41) is 1.66. The first-order chi connectivity index (χ1) is 11.2. The quantitative estimate of drug-likeness (QED) is 0.370. The fourth-order valence-electron chi connectivity index (χ4n) is 2.23. The number of benzene rings is 2. The lowest BCUT2D eigenvalue weighted by atomic mass is 10.1. The van der Waals surface area contributed by atoms with Crippen molar-refractivity contribution in [2.75, 3.05) is 5.75 Å². The Morgan fingerprint density at radius 1 is 1.13 bits per heavy atom. The third-order valence-electron chi connectivity index (χ3n) is 3.28. The van der Waals surface area contributed by atoms with Gasteiger partial charge in [-0.25, -0.2) is 4.98 Å². The maximum Gasteiger partial charge on any atom is 0.173 e. The van der Waals surface area contributed by atoms with Crippen molar-refractivity contribution in [3.63, 3.8) is 0 Å². The van der Waals surface area contributed by atoms with Crippen LogP contribution in [0.1, 0.15) is 0 Å². The number of thioether (sulfide) groups is 1. The second-order valence-electron chi connectivity index (χ2n) is 4.84. The Morgan fingerprint density at radius 3 is 2.48 bits per heavy atom. The molecule has 0 saturated heterocycles. The van der Waals surface area contributed by atoms with Gasteiger partial charge in [-0.1, -0.05) is 57.5 Å². The molecule has 0 spiro atoms. The molecule has 0 bridgehead atoms. The summed E-state index contributed by atoms with van der Waals surface area (Å²) in [6, 6.07) is 16.0. The largest absolute Gasteiger partial charge is 0.287 e. The minimum Gasteiger partial charge on any atom is -0.287 e. The van der Waals surface area contributed by atoms with Gasteiger partial charge in [0.2, 0.25) is 0 Å². The molecule has 0 saturated carbocycles. The van der Waals surface area contributed by atoms with E-state index in [4.69, 9.17) is 11.6 Å². The van der Waals surface area contributed by atoms with E-state index in [9.17, 15) is 0 Å². The third kappa shape index (κ3) is 3.71. The molecule has 5 heteroatoms. The second kappa shape index (κ2) is 7.39. The Morgan fingerprint density at radius 2 is 1.83 bits per heavy atom. The van der Waals surface area contributed by atoms with E-state index in [0.717, 1.165) is 37.3 Å². The SMILES string of the molecule is C=CCSc1ncc(-c2ccc(Br)cc2)n1-c1ccc(Cl)cc1. The maximum absolute atomic E-state index is 6.02. The molecule has 23 heavy (non-hydrogen) atoms. The lowest BCUT2D eigenvalue weighted by Gasteiger charge is -2.12. The van der Waals surface area contributed by atoms with E-state index < -0.39 is 0 Å². The van der Waals surface area contributed by atoms with Gasteiger partial charge in [0.15, 0.2) is 5.16 Å². The van der Waals surface area contributed by atoms with Crippen LogP contribution in [0.4, 0.5) is 0 Å². The van der Waals surface area contributed by atoms with Crippen LogP contribution in [0.25, 0.3) is 16.9 Å². The van der Waals surface area contributed by atoms with Crippen molar-refractivity contribution in [3.05, 3.63) is 76.9 Å². The van der Waals surface area contributed by atoms with E-state index in [1.807, 2.05) is 48.7 Å². The highest BCUT2D eigenvalue weighted by Crippen LogP contribution is 2.31. The van der Waals surface area contributed by atoms with Gasteiger partial charge in [0, 0.05) is 26.5 Å². The standard InChI is InChI=1S/C18H14BrClN2S/c1-2-11-23-18-21-12-17(13-3-5-14(19)6-4-13)22(18)16-9-7-15(20)8-10-16/h2-10,12H,1,11H2. The van der Waals surface area contributed by atoms with Gasteiger partial charge in [-0.2, -0.15) is 0 Å². The molecule has 0 N–H and O–H groups in total. The van der Waals surface area contributed by atoms with E-state index in [-0.39, 0.29) is 0 Å². The Kier molecular flexibility index (Phi) is 5.26. The molecular formula is C18H14BrClN2S. The van der Waals surface area contributed by atoms with Gasteiger partial charge in [0.1, 0.15) is 0 Å². The monoisotopic (exact) mass is 404 g/mol. The minimum absolute atomic E-state index is 0.722. The first kappa shape index (κ1) is 16.4. The average Bonchev–Trinajstić information content (AvgIpc) is 2.98. The van der Waals surface area contributed by atoms with E-state index >= 15 is 0 Å². The molecule has 0 radical (unpaired) electrons. The zero-order valence-corrected chi connectivity index (χ0v) is 15.4. The van der Waals surface area contributed by atoms with Gasteiger partial charge in [0.25, 0.3) is 0 Å². The van der Waals surface area contributed by atoms with Crippen molar-refractivity contribution < 1.29 is 0 Å². The lowest BCUT2D eigenvalue weighted by Crippen LogP contribution is -1.99. The van der Waals surface area contributed by atoms with Crippen LogP contribution in [0.15, 0.2) is 77.0 Å². The molecule has 3 rings (SSSR count). The number of rotatable bonds is 5. The first-order valence-corrected chi connectivity index (χ1v) is 9.18. The molecular weight excluding hydrogens is 392 g/mol. The zero-order valence-electron chi connectivity index (χ0n) is 12.2. The molecule has 0 unspecified atom stereocenters. The summed E-state index contributed by atoms with van der Waals surface area (Å²) in [7, 11) is 0. The summed E-state index contributed by atoms with van der Waals surface area (Å²) in [5.74, 6) is 0.810. The van der Waals surface area contributed by atoms with Crippen LogP contribution in [-0.4, -0.2) is 15.3 Å². The molecule has 1 aromatic heterocycles. The fourth-order valence-corrected chi connectivity index (χ4v) is 3.35. The summed E-state index contributed by atoms with van der Waals surface area (Å²) in [5.41, 5.74) is 3.20. The van der Waals surface area contributed by atoms with Crippen molar-refractivity contribution in [1.82, 2.24) is 9.55 Å². The summed E-state index contributed by atoms with van der Waals surface area (Å²) in [6.07, 6.45) is 3.79. The number of hydrogen-bond donors (Lipinski definition) is 0. The van der Waals surface area contributed by atoms with Crippen molar-refractivity contribution in [1.29, 1.82) is 0 Å². The third-order valence-corrected chi connectivity index (χ3v) is 5.01. The van der Waals surface area contributed by atoms with Crippen molar-refractivity contribution in [2.45, 2.75) is 5.16 Å². The molecule has 0 fully saturated rings. The maximum atomic E-state index is 6.02.